The van der Waals surface area contributed by atoms with Gasteiger partial charge in [0.2, 0.25) is 0 Å². The quantitative estimate of drug-likeness (QED) is 0.772. The molecule has 1 aromatic heterocycles. The molecule has 0 amide bonds. The number of hydrogen-bond donors (Lipinski definition) is 1. The van der Waals surface area contributed by atoms with Crippen LogP contribution >= 0.6 is 0 Å². The van der Waals surface area contributed by atoms with Gasteiger partial charge in [0, 0.05) is 18.3 Å². The van der Waals surface area contributed by atoms with E-state index < -0.39 is 0 Å². The Morgan fingerprint density at radius 2 is 2.36 bits per heavy atom. The van der Waals surface area contributed by atoms with Crippen LogP contribution in [-0.4, -0.2) is 22.4 Å². The van der Waals surface area contributed by atoms with E-state index in [4.69, 9.17) is 0 Å². The molecule has 1 N–H and O–H groups in total. The van der Waals surface area contributed by atoms with Gasteiger partial charge in [0.05, 0.1) is 6.20 Å². The van der Waals surface area contributed by atoms with Gasteiger partial charge in [0.25, 0.3) is 0 Å². The van der Waals surface area contributed by atoms with Crippen LogP contribution in [0.3, 0.4) is 0 Å². The summed E-state index contributed by atoms with van der Waals surface area (Å²) in [5, 5.41) is 7.82. The third-order valence-corrected chi connectivity index (χ3v) is 2.61. The number of rotatable bonds is 5. The molecule has 0 aliphatic heterocycles. The molecule has 0 atom stereocenters. The first-order valence-corrected chi connectivity index (χ1v) is 5.52. The minimum Gasteiger partial charge on any atom is -0.314 e. The molecule has 14 heavy (non-hydrogen) atoms. The van der Waals surface area contributed by atoms with Gasteiger partial charge in [0.15, 0.2) is 0 Å². The van der Waals surface area contributed by atoms with E-state index in [0.29, 0.717) is 6.04 Å². The van der Waals surface area contributed by atoms with Crippen LogP contribution in [0.1, 0.15) is 38.3 Å². The highest BCUT2D eigenvalue weighted by Gasteiger charge is 2.19. The van der Waals surface area contributed by atoms with Crippen molar-refractivity contribution in [3.63, 3.8) is 0 Å². The third kappa shape index (κ3) is 2.58. The van der Waals surface area contributed by atoms with Crippen molar-refractivity contribution in [2.45, 2.75) is 45.2 Å². The number of hydrogen-bond acceptors (Lipinski definition) is 2. The third-order valence-electron chi connectivity index (χ3n) is 2.61. The maximum atomic E-state index is 4.32. The normalized spacial score (nSPS) is 16.5. The Bertz CT molecular complexity index is 286. The second-order valence-corrected chi connectivity index (χ2v) is 4.40. The molecule has 78 valence electrons. The van der Waals surface area contributed by atoms with Crippen LogP contribution in [0.5, 0.6) is 0 Å². The molecule has 0 unspecified atom stereocenters. The highest BCUT2D eigenvalue weighted by Crippen LogP contribution is 2.18. The van der Waals surface area contributed by atoms with Crippen LogP contribution in [0.15, 0.2) is 12.4 Å². The maximum absolute atomic E-state index is 4.32. The molecule has 1 saturated carbocycles. The van der Waals surface area contributed by atoms with E-state index >= 15 is 0 Å². The zero-order valence-corrected chi connectivity index (χ0v) is 9.03. The van der Waals surface area contributed by atoms with Crippen molar-refractivity contribution in [3.05, 3.63) is 18.0 Å². The summed E-state index contributed by atoms with van der Waals surface area (Å²) >= 11 is 0. The number of nitrogens with one attached hydrogen (secondary N) is 1. The minimum absolute atomic E-state index is 0.472. The standard InChI is InChI=1S/C11H19N3/c1-9(2)14-8-10(7-13-14)5-6-12-11-3-4-11/h7-9,11-12H,3-6H2,1-2H3. The van der Waals surface area contributed by atoms with Gasteiger partial charge in [0.1, 0.15) is 0 Å². The van der Waals surface area contributed by atoms with E-state index in [9.17, 15) is 0 Å². The average Bonchev–Trinajstić information content (AvgIpc) is 2.82. The van der Waals surface area contributed by atoms with Gasteiger partial charge in [-0.2, -0.15) is 5.10 Å². The molecule has 0 radical (unpaired) electrons. The molecular weight excluding hydrogens is 174 g/mol. The van der Waals surface area contributed by atoms with Crippen molar-refractivity contribution in [1.82, 2.24) is 15.1 Å². The summed E-state index contributed by atoms with van der Waals surface area (Å²) in [5.41, 5.74) is 1.34. The first kappa shape index (κ1) is 9.71. The molecular formula is C11H19N3. The van der Waals surface area contributed by atoms with Crippen molar-refractivity contribution in [2.24, 2.45) is 0 Å². The molecule has 0 saturated heterocycles. The molecule has 0 aromatic carbocycles. The lowest BCUT2D eigenvalue weighted by atomic mass is 10.2. The maximum Gasteiger partial charge on any atom is 0.0522 e. The van der Waals surface area contributed by atoms with Gasteiger partial charge >= 0.3 is 0 Å². The van der Waals surface area contributed by atoms with Crippen molar-refractivity contribution < 1.29 is 0 Å². The first-order valence-electron chi connectivity index (χ1n) is 5.52. The molecule has 0 spiro atoms. The highest BCUT2D eigenvalue weighted by atomic mass is 15.3. The Hall–Kier alpha value is -0.830. The zero-order chi connectivity index (χ0) is 9.97. The van der Waals surface area contributed by atoms with Crippen molar-refractivity contribution in [3.8, 4) is 0 Å². The average molecular weight is 193 g/mol. The SMILES string of the molecule is CC(C)n1cc(CCNC2CC2)cn1. The molecule has 2 rings (SSSR count). The minimum atomic E-state index is 0.472. The van der Waals surface area contributed by atoms with E-state index in [1.54, 1.807) is 0 Å². The second kappa shape index (κ2) is 4.13. The number of nitrogens with zero attached hydrogens (tertiary/aromatic N) is 2. The molecule has 1 aromatic rings. The van der Waals surface area contributed by atoms with Crippen LogP contribution in [0, 0.1) is 0 Å². The van der Waals surface area contributed by atoms with Crippen molar-refractivity contribution >= 4 is 0 Å². The topological polar surface area (TPSA) is 29.9 Å². The zero-order valence-electron chi connectivity index (χ0n) is 9.03. The number of aromatic nitrogens is 2. The van der Waals surface area contributed by atoms with Gasteiger partial charge in [-0.3, -0.25) is 4.68 Å². The summed E-state index contributed by atoms with van der Waals surface area (Å²) in [5.74, 6) is 0. The Morgan fingerprint density at radius 1 is 1.57 bits per heavy atom. The summed E-state index contributed by atoms with van der Waals surface area (Å²) in [4.78, 5) is 0. The first-order chi connectivity index (χ1) is 6.75. The molecule has 3 heteroatoms. The van der Waals surface area contributed by atoms with Gasteiger partial charge in [-0.1, -0.05) is 0 Å². The van der Waals surface area contributed by atoms with Crippen LogP contribution in [0.2, 0.25) is 0 Å². The largest absolute Gasteiger partial charge is 0.314 e. The van der Waals surface area contributed by atoms with E-state index in [-0.39, 0.29) is 0 Å². The monoisotopic (exact) mass is 193 g/mol. The Kier molecular flexibility index (Phi) is 2.87. The summed E-state index contributed by atoms with van der Waals surface area (Å²) < 4.78 is 2.02. The van der Waals surface area contributed by atoms with Gasteiger partial charge in [-0.15, -0.1) is 0 Å². The van der Waals surface area contributed by atoms with Crippen LogP contribution in [-0.2, 0) is 6.42 Å². The molecule has 1 fully saturated rings. The van der Waals surface area contributed by atoms with E-state index in [1.807, 2.05) is 10.9 Å². The van der Waals surface area contributed by atoms with Gasteiger partial charge < -0.3 is 5.32 Å². The van der Waals surface area contributed by atoms with E-state index in [0.717, 1.165) is 19.0 Å². The van der Waals surface area contributed by atoms with Gasteiger partial charge in [-0.25, -0.2) is 0 Å². The molecule has 1 aliphatic rings. The fourth-order valence-electron chi connectivity index (χ4n) is 1.50. The van der Waals surface area contributed by atoms with E-state index in [1.165, 1.54) is 18.4 Å². The van der Waals surface area contributed by atoms with Crippen LogP contribution in [0.4, 0.5) is 0 Å². The van der Waals surface area contributed by atoms with Crippen molar-refractivity contribution in [2.75, 3.05) is 6.54 Å². The fraction of sp³-hybridized carbons (Fsp3) is 0.727. The molecule has 1 heterocycles. The van der Waals surface area contributed by atoms with Gasteiger partial charge in [-0.05, 0) is 45.2 Å². The fourth-order valence-corrected chi connectivity index (χ4v) is 1.50. The lowest BCUT2D eigenvalue weighted by Crippen LogP contribution is -2.19. The summed E-state index contributed by atoms with van der Waals surface area (Å²) in [6, 6.07) is 1.29. The predicted molar refractivity (Wildman–Crippen MR) is 57.3 cm³/mol. The van der Waals surface area contributed by atoms with Crippen molar-refractivity contribution in [1.29, 1.82) is 0 Å². The summed E-state index contributed by atoms with van der Waals surface area (Å²) in [6.45, 7) is 5.40. The molecule has 1 aliphatic carbocycles. The molecule has 0 bridgehead atoms. The second-order valence-electron chi connectivity index (χ2n) is 4.40. The lowest BCUT2D eigenvalue weighted by molar-refractivity contribution is 0.532. The van der Waals surface area contributed by atoms with E-state index in [2.05, 4.69) is 30.5 Å². The Balaban J connectivity index is 1.77. The van der Waals surface area contributed by atoms with Crippen LogP contribution < -0.4 is 5.32 Å². The smallest absolute Gasteiger partial charge is 0.0522 e. The Labute approximate surface area is 85.5 Å². The highest BCUT2D eigenvalue weighted by molar-refractivity contribution is 5.05. The molecule has 3 nitrogen and oxygen atoms in total. The lowest BCUT2D eigenvalue weighted by Gasteiger charge is -2.03. The van der Waals surface area contributed by atoms with Crippen LogP contribution in [0.25, 0.3) is 0 Å². The Morgan fingerprint density at radius 3 is 2.93 bits per heavy atom. The summed E-state index contributed by atoms with van der Waals surface area (Å²) in [6.07, 6.45) is 7.97. The summed E-state index contributed by atoms with van der Waals surface area (Å²) in [7, 11) is 0. The predicted octanol–water partition coefficient (Wildman–Crippen LogP) is 1.76.